The summed E-state index contributed by atoms with van der Waals surface area (Å²) in [5.41, 5.74) is 0.902. The number of alkyl halides is 3. The van der Waals surface area contributed by atoms with Crippen LogP contribution in [0, 0.1) is 0 Å². The van der Waals surface area contributed by atoms with Crippen LogP contribution in [0.25, 0.3) is 11.0 Å². The van der Waals surface area contributed by atoms with Crippen molar-refractivity contribution in [1.82, 2.24) is 15.0 Å². The molecule has 2 aromatic heterocycles. The van der Waals surface area contributed by atoms with Gasteiger partial charge in [-0.05, 0) is 30.2 Å². The average Bonchev–Trinajstić information content (AvgIpc) is 2.55. The number of hydrogen-bond donors (Lipinski definition) is 1. The molecule has 25 heavy (non-hydrogen) atoms. The number of rotatable bonds is 4. The van der Waals surface area contributed by atoms with Crippen LogP contribution in [0.3, 0.4) is 0 Å². The maximum Gasteiger partial charge on any atom is 0.451 e. The van der Waals surface area contributed by atoms with Gasteiger partial charge in [-0.1, -0.05) is 29.8 Å². The van der Waals surface area contributed by atoms with Crippen molar-refractivity contribution >= 4 is 40.9 Å². The van der Waals surface area contributed by atoms with Gasteiger partial charge in [0.25, 0.3) is 0 Å². The predicted molar refractivity (Wildman–Crippen MR) is 93.2 cm³/mol. The van der Waals surface area contributed by atoms with E-state index in [-0.39, 0.29) is 23.9 Å². The Balaban J connectivity index is 0.00000225. The molecule has 2 heterocycles. The first kappa shape index (κ1) is 19.2. The summed E-state index contributed by atoms with van der Waals surface area (Å²) in [6.45, 7) is 0.377. The molecule has 0 aliphatic heterocycles. The first-order chi connectivity index (χ1) is 11.4. The molecule has 1 aromatic carbocycles. The fourth-order valence-electron chi connectivity index (χ4n) is 2.24. The molecule has 0 saturated heterocycles. The largest absolute Gasteiger partial charge is 0.451 e. The molecule has 0 spiro atoms. The highest BCUT2D eigenvalue weighted by molar-refractivity contribution is 6.31. The van der Waals surface area contributed by atoms with Crippen LogP contribution in [0.4, 0.5) is 19.0 Å². The third-order valence-corrected chi connectivity index (χ3v) is 3.74. The number of nitrogens with one attached hydrogen (secondary N) is 1. The summed E-state index contributed by atoms with van der Waals surface area (Å²) in [7, 11) is 0. The molecule has 0 fully saturated rings. The minimum atomic E-state index is -4.63. The Kier molecular flexibility index (Phi) is 6.02. The highest BCUT2D eigenvalue weighted by Gasteiger charge is 2.35. The van der Waals surface area contributed by atoms with E-state index >= 15 is 0 Å². The molecule has 9 heteroatoms. The highest BCUT2D eigenvalue weighted by Crippen LogP contribution is 2.29. The number of halogens is 5. The van der Waals surface area contributed by atoms with Crippen molar-refractivity contribution in [2.45, 2.75) is 12.6 Å². The summed E-state index contributed by atoms with van der Waals surface area (Å²) >= 11 is 6.07. The molecule has 3 rings (SSSR count). The van der Waals surface area contributed by atoms with E-state index in [1.807, 2.05) is 18.2 Å². The van der Waals surface area contributed by atoms with Crippen LogP contribution in [-0.4, -0.2) is 21.5 Å². The molecule has 0 bridgehead atoms. The summed E-state index contributed by atoms with van der Waals surface area (Å²) in [6.07, 6.45) is -2.69. The van der Waals surface area contributed by atoms with Gasteiger partial charge in [0.1, 0.15) is 5.82 Å². The smallest absolute Gasteiger partial charge is 0.369 e. The lowest BCUT2D eigenvalue weighted by atomic mass is 10.1. The summed E-state index contributed by atoms with van der Waals surface area (Å²) in [4.78, 5) is 11.0. The highest BCUT2D eigenvalue weighted by atomic mass is 35.5. The Bertz CT molecular complexity index is 871. The zero-order valence-corrected chi connectivity index (χ0v) is 14.3. The molecule has 4 nitrogen and oxygen atoms in total. The number of benzene rings is 1. The van der Waals surface area contributed by atoms with Crippen LogP contribution in [-0.2, 0) is 12.6 Å². The van der Waals surface area contributed by atoms with Gasteiger partial charge in [0, 0.05) is 17.8 Å². The van der Waals surface area contributed by atoms with E-state index in [0.717, 1.165) is 5.56 Å². The lowest BCUT2D eigenvalue weighted by Crippen LogP contribution is -2.15. The van der Waals surface area contributed by atoms with Crippen molar-refractivity contribution in [3.05, 3.63) is 59.0 Å². The summed E-state index contributed by atoms with van der Waals surface area (Å²) < 4.78 is 38.8. The van der Waals surface area contributed by atoms with Gasteiger partial charge in [0.15, 0.2) is 5.65 Å². The first-order valence-corrected chi connectivity index (χ1v) is 7.50. The van der Waals surface area contributed by atoms with Crippen LogP contribution < -0.4 is 5.32 Å². The second-order valence-electron chi connectivity index (χ2n) is 5.04. The number of nitrogens with zero attached hydrogens (tertiary/aromatic N) is 3. The van der Waals surface area contributed by atoms with Gasteiger partial charge < -0.3 is 5.32 Å². The van der Waals surface area contributed by atoms with Crippen molar-refractivity contribution < 1.29 is 13.2 Å². The molecular weight excluding hydrogens is 376 g/mol. The summed E-state index contributed by atoms with van der Waals surface area (Å²) in [5, 5.41) is 3.98. The topological polar surface area (TPSA) is 50.7 Å². The van der Waals surface area contributed by atoms with E-state index in [2.05, 4.69) is 20.3 Å². The van der Waals surface area contributed by atoms with E-state index in [1.54, 1.807) is 18.2 Å². The van der Waals surface area contributed by atoms with Gasteiger partial charge in [-0.15, -0.1) is 12.4 Å². The lowest BCUT2D eigenvalue weighted by molar-refractivity contribution is -0.144. The quantitative estimate of drug-likeness (QED) is 0.698. The Hall–Kier alpha value is -2.12. The summed E-state index contributed by atoms with van der Waals surface area (Å²) in [5.74, 6) is -1.11. The van der Waals surface area contributed by atoms with Crippen molar-refractivity contribution in [2.75, 3.05) is 11.9 Å². The second kappa shape index (κ2) is 7.84. The molecule has 0 amide bonds. The average molecular weight is 389 g/mol. The number of fused-ring (bicyclic) bond motifs is 1. The third-order valence-electron chi connectivity index (χ3n) is 3.37. The predicted octanol–water partition coefficient (Wildman–Crippen LogP) is 4.77. The van der Waals surface area contributed by atoms with E-state index in [9.17, 15) is 13.2 Å². The second-order valence-corrected chi connectivity index (χ2v) is 5.44. The van der Waals surface area contributed by atoms with Crippen LogP contribution in [0.5, 0.6) is 0 Å². The molecule has 0 aliphatic rings. The maximum absolute atomic E-state index is 12.9. The molecule has 0 saturated carbocycles. The standard InChI is InChI=1S/C16H12ClF3N4.ClH/c17-12-6-2-1-4-10(12)7-9-22-14-11-5-3-8-21-13(11)23-15(24-14)16(18,19)20;/h1-6,8H,7,9H2,(H,21,22,23,24);1H. The molecule has 0 atom stereocenters. The number of aromatic nitrogens is 3. The lowest BCUT2D eigenvalue weighted by Gasteiger charge is -2.12. The van der Waals surface area contributed by atoms with Gasteiger partial charge in [0.05, 0.1) is 5.39 Å². The zero-order valence-electron chi connectivity index (χ0n) is 12.7. The maximum atomic E-state index is 12.9. The van der Waals surface area contributed by atoms with Gasteiger partial charge in [-0.25, -0.2) is 15.0 Å². The van der Waals surface area contributed by atoms with Crippen molar-refractivity contribution in [2.24, 2.45) is 0 Å². The summed E-state index contributed by atoms with van der Waals surface area (Å²) in [6, 6.07) is 10.6. The van der Waals surface area contributed by atoms with Crippen LogP contribution >= 0.6 is 24.0 Å². The Morgan fingerprint density at radius 1 is 1.04 bits per heavy atom. The molecule has 0 aliphatic carbocycles. The Morgan fingerprint density at radius 3 is 2.52 bits per heavy atom. The van der Waals surface area contributed by atoms with E-state index in [0.29, 0.717) is 23.4 Å². The van der Waals surface area contributed by atoms with Crippen LogP contribution in [0.1, 0.15) is 11.4 Å². The molecule has 1 N–H and O–H groups in total. The van der Waals surface area contributed by atoms with Crippen molar-refractivity contribution in [1.29, 1.82) is 0 Å². The fraction of sp³-hybridized carbons (Fsp3) is 0.188. The van der Waals surface area contributed by atoms with Gasteiger partial charge in [-0.3, -0.25) is 0 Å². The minimum absolute atomic E-state index is 0. The van der Waals surface area contributed by atoms with Crippen molar-refractivity contribution in [3.63, 3.8) is 0 Å². The molecular formula is C16H13Cl2F3N4. The molecule has 0 radical (unpaired) electrons. The number of hydrogen-bond acceptors (Lipinski definition) is 4. The fourth-order valence-corrected chi connectivity index (χ4v) is 2.47. The van der Waals surface area contributed by atoms with Gasteiger partial charge in [0.2, 0.25) is 5.82 Å². The van der Waals surface area contributed by atoms with Gasteiger partial charge in [-0.2, -0.15) is 13.2 Å². The third kappa shape index (κ3) is 4.49. The van der Waals surface area contributed by atoms with E-state index in [4.69, 9.17) is 11.6 Å². The normalized spacial score (nSPS) is 11.2. The number of pyridine rings is 1. The van der Waals surface area contributed by atoms with E-state index in [1.165, 1.54) is 6.20 Å². The minimum Gasteiger partial charge on any atom is -0.369 e. The van der Waals surface area contributed by atoms with Gasteiger partial charge >= 0.3 is 6.18 Å². The van der Waals surface area contributed by atoms with Crippen LogP contribution in [0.2, 0.25) is 5.02 Å². The molecule has 3 aromatic rings. The Labute approximate surface area is 152 Å². The number of anilines is 1. The van der Waals surface area contributed by atoms with Crippen LogP contribution in [0.15, 0.2) is 42.6 Å². The monoisotopic (exact) mass is 388 g/mol. The van der Waals surface area contributed by atoms with E-state index < -0.39 is 12.0 Å². The molecule has 132 valence electrons. The van der Waals surface area contributed by atoms with Crippen molar-refractivity contribution in [3.8, 4) is 0 Å². The molecule has 0 unspecified atom stereocenters. The zero-order chi connectivity index (χ0) is 17.2. The SMILES string of the molecule is Cl.FC(F)(F)c1nc(NCCc2ccccc2Cl)c2cccnc2n1. The first-order valence-electron chi connectivity index (χ1n) is 7.12. The Morgan fingerprint density at radius 2 is 1.80 bits per heavy atom.